The summed E-state index contributed by atoms with van der Waals surface area (Å²) >= 11 is 4.91. The average molecular weight is 310 g/mol. The van der Waals surface area contributed by atoms with Gasteiger partial charge in [-0.3, -0.25) is 4.90 Å². The Hall–Kier alpha value is -0.970. The predicted octanol–water partition coefficient (Wildman–Crippen LogP) is -1.12. The number of nitrogens with one attached hydrogen (secondary N) is 1. The van der Waals surface area contributed by atoms with Gasteiger partial charge in [-0.1, -0.05) is 12.2 Å². The molecule has 0 aromatic rings. The molecule has 1 rings (SSSR count). The highest BCUT2D eigenvalue weighted by atomic mass is 32.2. The van der Waals surface area contributed by atoms with E-state index >= 15 is 0 Å². The summed E-state index contributed by atoms with van der Waals surface area (Å²) in [5.41, 5.74) is 5.56. The lowest BCUT2D eigenvalue weighted by Crippen LogP contribution is -2.56. The molecule has 1 aliphatic rings. The van der Waals surface area contributed by atoms with E-state index in [0.29, 0.717) is 18.1 Å². The first-order chi connectivity index (χ1) is 8.77. The van der Waals surface area contributed by atoms with Gasteiger partial charge >= 0.3 is 16.3 Å². The number of carbonyl (C=O) groups excluding carboxylic acids is 1. The summed E-state index contributed by atoms with van der Waals surface area (Å²) in [6, 6.07) is -0.0755. The van der Waals surface area contributed by atoms with E-state index in [-0.39, 0.29) is 19.1 Å². The van der Waals surface area contributed by atoms with Crippen molar-refractivity contribution in [1.29, 1.82) is 0 Å². The molecule has 1 unspecified atom stereocenters. The molecule has 1 fully saturated rings. The SMILES string of the molecule is COC(=O)NS(=O)(=O)N1CCN(C(C)C(N)=S)CC1. The van der Waals surface area contributed by atoms with Crippen molar-refractivity contribution in [3.8, 4) is 0 Å². The monoisotopic (exact) mass is 310 g/mol. The molecule has 1 saturated heterocycles. The zero-order valence-electron chi connectivity index (χ0n) is 10.8. The number of piperazine rings is 1. The quantitative estimate of drug-likeness (QED) is 0.634. The van der Waals surface area contributed by atoms with Crippen molar-refractivity contribution in [2.75, 3.05) is 33.3 Å². The summed E-state index contributed by atoms with van der Waals surface area (Å²) in [5, 5.41) is 0. The van der Waals surface area contributed by atoms with Gasteiger partial charge in [0.15, 0.2) is 0 Å². The largest absolute Gasteiger partial charge is 0.452 e. The molecule has 0 aromatic carbocycles. The van der Waals surface area contributed by atoms with E-state index in [1.807, 2.05) is 16.5 Å². The van der Waals surface area contributed by atoms with E-state index in [0.717, 1.165) is 7.11 Å². The highest BCUT2D eigenvalue weighted by Crippen LogP contribution is 2.09. The minimum Gasteiger partial charge on any atom is -0.452 e. The highest BCUT2D eigenvalue weighted by Gasteiger charge is 2.30. The van der Waals surface area contributed by atoms with E-state index in [4.69, 9.17) is 18.0 Å². The molecule has 3 N–H and O–H groups in total. The summed E-state index contributed by atoms with van der Waals surface area (Å²) in [6.07, 6.45) is -1.00. The third-order valence-electron chi connectivity index (χ3n) is 2.97. The Balaban J connectivity index is 2.58. The third kappa shape index (κ3) is 4.27. The molecule has 110 valence electrons. The molecule has 1 aliphatic heterocycles. The van der Waals surface area contributed by atoms with Crippen molar-refractivity contribution in [1.82, 2.24) is 13.9 Å². The van der Waals surface area contributed by atoms with Gasteiger partial charge < -0.3 is 10.5 Å². The molecule has 19 heavy (non-hydrogen) atoms. The van der Waals surface area contributed by atoms with Crippen LogP contribution in [0.15, 0.2) is 0 Å². The topological polar surface area (TPSA) is 105 Å². The standard InChI is InChI=1S/C9H18N4O4S2/c1-7(8(10)18)12-3-5-13(6-4-12)19(15,16)11-9(14)17-2/h7H,3-6H2,1-2H3,(H2,10,18)(H,11,14). The maximum absolute atomic E-state index is 11.8. The summed E-state index contributed by atoms with van der Waals surface area (Å²) < 4.78 is 30.9. The van der Waals surface area contributed by atoms with Crippen LogP contribution in [0.2, 0.25) is 0 Å². The number of ether oxygens (including phenoxy) is 1. The van der Waals surface area contributed by atoms with Crippen LogP contribution in [0.1, 0.15) is 6.92 Å². The second-order valence-corrected chi connectivity index (χ2v) is 6.25. The first-order valence-electron chi connectivity index (χ1n) is 5.67. The number of methoxy groups -OCH3 is 1. The fourth-order valence-electron chi connectivity index (χ4n) is 1.72. The molecular formula is C9H18N4O4S2. The Morgan fingerprint density at radius 1 is 1.37 bits per heavy atom. The first-order valence-corrected chi connectivity index (χ1v) is 7.52. The number of nitrogens with two attached hydrogens (primary N) is 1. The second kappa shape index (κ2) is 6.46. The minimum absolute atomic E-state index is 0.0755. The number of hydrogen-bond donors (Lipinski definition) is 2. The Morgan fingerprint density at radius 2 is 1.89 bits per heavy atom. The smallest absolute Gasteiger partial charge is 0.421 e. The first kappa shape index (κ1) is 16.1. The fourth-order valence-corrected chi connectivity index (χ4v) is 2.94. The Bertz CT molecular complexity index is 445. The number of carbonyl (C=O) groups is 1. The Labute approximate surface area is 118 Å². The molecular weight excluding hydrogens is 292 g/mol. The van der Waals surface area contributed by atoms with Gasteiger partial charge in [-0.05, 0) is 6.92 Å². The van der Waals surface area contributed by atoms with Gasteiger partial charge in [-0.15, -0.1) is 0 Å². The maximum Gasteiger partial charge on any atom is 0.421 e. The fraction of sp³-hybridized carbons (Fsp3) is 0.778. The molecule has 8 nitrogen and oxygen atoms in total. The molecule has 0 spiro atoms. The van der Waals surface area contributed by atoms with Gasteiger partial charge in [0.1, 0.15) is 0 Å². The molecule has 10 heteroatoms. The molecule has 1 amide bonds. The van der Waals surface area contributed by atoms with E-state index < -0.39 is 16.3 Å². The summed E-state index contributed by atoms with van der Waals surface area (Å²) in [7, 11) is -2.74. The van der Waals surface area contributed by atoms with Crippen LogP contribution in [0.25, 0.3) is 0 Å². The van der Waals surface area contributed by atoms with Gasteiger partial charge in [0, 0.05) is 26.2 Å². The maximum atomic E-state index is 11.8. The van der Waals surface area contributed by atoms with E-state index in [1.165, 1.54) is 4.31 Å². The van der Waals surface area contributed by atoms with Crippen molar-refractivity contribution in [2.24, 2.45) is 5.73 Å². The molecule has 0 bridgehead atoms. The van der Waals surface area contributed by atoms with Gasteiger partial charge in [0.05, 0.1) is 18.1 Å². The zero-order chi connectivity index (χ0) is 14.6. The van der Waals surface area contributed by atoms with Crippen LogP contribution < -0.4 is 10.5 Å². The summed E-state index contributed by atoms with van der Waals surface area (Å²) in [5.74, 6) is 0. The van der Waals surface area contributed by atoms with E-state index in [9.17, 15) is 13.2 Å². The number of nitrogens with zero attached hydrogens (tertiary/aromatic N) is 2. The van der Waals surface area contributed by atoms with Crippen LogP contribution in [0, 0.1) is 0 Å². The van der Waals surface area contributed by atoms with Crippen LogP contribution in [-0.4, -0.2) is 68.0 Å². The van der Waals surface area contributed by atoms with E-state index in [2.05, 4.69) is 4.74 Å². The summed E-state index contributed by atoms with van der Waals surface area (Å²) in [4.78, 5) is 13.3. The Morgan fingerprint density at radius 3 is 2.32 bits per heavy atom. The highest BCUT2D eigenvalue weighted by molar-refractivity contribution is 7.87. The minimum atomic E-state index is -3.85. The van der Waals surface area contributed by atoms with Crippen LogP contribution in [0.5, 0.6) is 0 Å². The van der Waals surface area contributed by atoms with Crippen molar-refractivity contribution in [2.45, 2.75) is 13.0 Å². The average Bonchev–Trinajstić information content (AvgIpc) is 2.37. The van der Waals surface area contributed by atoms with Crippen molar-refractivity contribution in [3.05, 3.63) is 0 Å². The van der Waals surface area contributed by atoms with Gasteiger partial charge in [0.25, 0.3) is 0 Å². The van der Waals surface area contributed by atoms with Gasteiger partial charge in [-0.2, -0.15) is 12.7 Å². The van der Waals surface area contributed by atoms with Crippen LogP contribution in [0.3, 0.4) is 0 Å². The number of amides is 1. The van der Waals surface area contributed by atoms with Crippen LogP contribution in [0.4, 0.5) is 4.79 Å². The second-order valence-electron chi connectivity index (χ2n) is 4.11. The number of thiocarbonyl (C=S) groups is 1. The lowest BCUT2D eigenvalue weighted by Gasteiger charge is -2.36. The van der Waals surface area contributed by atoms with Crippen molar-refractivity contribution >= 4 is 33.5 Å². The normalized spacial score (nSPS) is 19.7. The molecule has 0 radical (unpaired) electrons. The molecule has 0 saturated carbocycles. The lowest BCUT2D eigenvalue weighted by atomic mass is 10.2. The third-order valence-corrected chi connectivity index (χ3v) is 4.78. The summed E-state index contributed by atoms with van der Waals surface area (Å²) in [6.45, 7) is 3.40. The van der Waals surface area contributed by atoms with Crippen molar-refractivity contribution in [3.63, 3.8) is 0 Å². The zero-order valence-corrected chi connectivity index (χ0v) is 12.5. The molecule has 0 aromatic heterocycles. The van der Waals surface area contributed by atoms with Crippen LogP contribution in [-0.2, 0) is 14.9 Å². The molecule has 0 aliphatic carbocycles. The van der Waals surface area contributed by atoms with E-state index in [1.54, 1.807) is 0 Å². The van der Waals surface area contributed by atoms with Gasteiger partial charge in [0.2, 0.25) is 0 Å². The number of rotatable bonds is 4. The lowest BCUT2D eigenvalue weighted by molar-refractivity contribution is 0.167. The predicted molar refractivity (Wildman–Crippen MR) is 73.9 cm³/mol. The van der Waals surface area contributed by atoms with Crippen LogP contribution >= 0.6 is 12.2 Å². The van der Waals surface area contributed by atoms with Gasteiger partial charge in [-0.25, -0.2) is 9.52 Å². The number of hydrogen-bond acceptors (Lipinski definition) is 6. The molecule has 1 atom stereocenters. The van der Waals surface area contributed by atoms with Crippen molar-refractivity contribution < 1.29 is 17.9 Å². The Kier molecular flexibility index (Phi) is 5.47. The molecule has 1 heterocycles.